The minimum Gasteiger partial charge on any atom is -0.495 e. The average molecular weight is 407 g/mol. The summed E-state index contributed by atoms with van der Waals surface area (Å²) in [5.41, 5.74) is 2.45. The molecule has 2 N–H and O–H groups in total. The maximum absolute atomic E-state index is 12.1. The molecule has 1 atom stereocenters. The molecule has 0 spiro atoms. The van der Waals surface area contributed by atoms with Crippen molar-refractivity contribution in [1.82, 2.24) is 5.32 Å². The summed E-state index contributed by atoms with van der Waals surface area (Å²) in [7, 11) is 1.52. The van der Waals surface area contributed by atoms with Gasteiger partial charge in [-0.05, 0) is 31.0 Å². The van der Waals surface area contributed by atoms with Gasteiger partial charge in [0.25, 0.3) is 0 Å². The van der Waals surface area contributed by atoms with Crippen LogP contribution in [0.25, 0.3) is 0 Å². The van der Waals surface area contributed by atoms with Crippen LogP contribution in [-0.2, 0) is 9.59 Å². The Labute approximate surface area is 168 Å². The molecule has 7 heteroatoms. The van der Waals surface area contributed by atoms with E-state index in [0.717, 1.165) is 11.1 Å². The Morgan fingerprint density at radius 1 is 1.15 bits per heavy atom. The number of methoxy groups -OCH3 is 1. The molecule has 27 heavy (non-hydrogen) atoms. The number of ether oxygens (including phenoxy) is 1. The summed E-state index contributed by atoms with van der Waals surface area (Å²) in [6.07, 6.45) is 0. The predicted octanol–water partition coefficient (Wildman–Crippen LogP) is 4.21. The standard InChI is InChI=1S/C20H23ClN2O3S/c1-13-9-17(18(26-3)10-16(13)21)23-20(25)12-27-11-19(24)22-14(2)15-7-5-4-6-8-15/h4-10,14H,11-12H2,1-3H3,(H,22,24)(H,23,25). The van der Waals surface area contributed by atoms with Gasteiger partial charge in [0.2, 0.25) is 11.8 Å². The van der Waals surface area contributed by atoms with Gasteiger partial charge < -0.3 is 15.4 Å². The van der Waals surface area contributed by atoms with Gasteiger partial charge in [0.05, 0.1) is 30.3 Å². The number of carbonyl (C=O) groups is 2. The van der Waals surface area contributed by atoms with E-state index in [-0.39, 0.29) is 29.4 Å². The summed E-state index contributed by atoms with van der Waals surface area (Å²) >= 11 is 7.32. The van der Waals surface area contributed by atoms with Gasteiger partial charge in [0, 0.05) is 11.1 Å². The van der Waals surface area contributed by atoms with E-state index in [9.17, 15) is 9.59 Å². The molecule has 2 amide bonds. The Hall–Kier alpha value is -2.18. The second-order valence-corrected chi connectivity index (χ2v) is 7.44. The van der Waals surface area contributed by atoms with E-state index in [1.807, 2.05) is 44.2 Å². The lowest BCUT2D eigenvalue weighted by Gasteiger charge is -2.14. The SMILES string of the molecule is COc1cc(Cl)c(C)cc1NC(=O)CSCC(=O)NC(C)c1ccccc1. The van der Waals surface area contributed by atoms with Gasteiger partial charge in [-0.15, -0.1) is 11.8 Å². The van der Waals surface area contributed by atoms with E-state index < -0.39 is 0 Å². The van der Waals surface area contributed by atoms with Gasteiger partial charge in [-0.2, -0.15) is 0 Å². The van der Waals surface area contributed by atoms with Gasteiger partial charge in [-0.25, -0.2) is 0 Å². The summed E-state index contributed by atoms with van der Waals surface area (Å²) in [5, 5.41) is 6.29. The first-order chi connectivity index (χ1) is 12.9. The molecule has 0 radical (unpaired) electrons. The number of benzene rings is 2. The number of carbonyl (C=O) groups excluding carboxylic acids is 2. The molecule has 2 aromatic rings. The van der Waals surface area contributed by atoms with Crippen molar-refractivity contribution in [2.24, 2.45) is 0 Å². The van der Waals surface area contributed by atoms with E-state index in [2.05, 4.69) is 10.6 Å². The molecular formula is C20H23ClN2O3S. The van der Waals surface area contributed by atoms with Gasteiger partial charge in [-0.1, -0.05) is 41.9 Å². The lowest BCUT2D eigenvalue weighted by atomic mass is 10.1. The number of amides is 2. The van der Waals surface area contributed by atoms with Crippen molar-refractivity contribution >= 4 is 40.9 Å². The van der Waals surface area contributed by atoms with Gasteiger partial charge in [0.1, 0.15) is 5.75 Å². The predicted molar refractivity (Wildman–Crippen MR) is 112 cm³/mol. The third-order valence-corrected chi connectivity index (χ3v) is 5.24. The first-order valence-electron chi connectivity index (χ1n) is 8.46. The maximum Gasteiger partial charge on any atom is 0.234 e. The van der Waals surface area contributed by atoms with Crippen LogP contribution in [-0.4, -0.2) is 30.4 Å². The van der Waals surface area contributed by atoms with Crippen molar-refractivity contribution in [3.63, 3.8) is 0 Å². The second-order valence-electron chi connectivity index (χ2n) is 6.04. The molecule has 0 aliphatic heterocycles. The van der Waals surface area contributed by atoms with E-state index in [4.69, 9.17) is 16.3 Å². The summed E-state index contributed by atoms with van der Waals surface area (Å²) < 4.78 is 5.24. The molecule has 0 heterocycles. The Morgan fingerprint density at radius 2 is 1.81 bits per heavy atom. The molecule has 0 bridgehead atoms. The Bertz CT molecular complexity index is 799. The highest BCUT2D eigenvalue weighted by atomic mass is 35.5. The van der Waals surface area contributed by atoms with Crippen molar-refractivity contribution < 1.29 is 14.3 Å². The van der Waals surface area contributed by atoms with Crippen LogP contribution in [0.4, 0.5) is 5.69 Å². The number of aryl methyl sites for hydroxylation is 1. The highest BCUT2D eigenvalue weighted by Gasteiger charge is 2.13. The maximum atomic E-state index is 12.1. The zero-order chi connectivity index (χ0) is 19.8. The van der Waals surface area contributed by atoms with Gasteiger partial charge in [0.15, 0.2) is 0 Å². The third-order valence-electron chi connectivity index (χ3n) is 3.90. The second kappa shape index (κ2) is 10.2. The van der Waals surface area contributed by atoms with E-state index in [0.29, 0.717) is 16.5 Å². The quantitative estimate of drug-likeness (QED) is 0.689. The summed E-state index contributed by atoms with van der Waals surface area (Å²) in [6.45, 7) is 3.78. The van der Waals surface area contributed by atoms with Crippen molar-refractivity contribution in [1.29, 1.82) is 0 Å². The fourth-order valence-electron chi connectivity index (χ4n) is 2.46. The van der Waals surface area contributed by atoms with Gasteiger partial charge >= 0.3 is 0 Å². The fourth-order valence-corrected chi connectivity index (χ4v) is 3.24. The first kappa shape index (κ1) is 21.1. The minimum atomic E-state index is -0.205. The minimum absolute atomic E-state index is 0.0746. The van der Waals surface area contributed by atoms with Crippen molar-refractivity contribution in [2.75, 3.05) is 23.9 Å². The number of thioether (sulfide) groups is 1. The van der Waals surface area contributed by atoms with E-state index >= 15 is 0 Å². The number of hydrogen-bond acceptors (Lipinski definition) is 4. The lowest BCUT2D eigenvalue weighted by molar-refractivity contribution is -0.119. The summed E-state index contributed by atoms with van der Waals surface area (Å²) in [4.78, 5) is 24.2. The number of rotatable bonds is 8. The van der Waals surface area contributed by atoms with Crippen molar-refractivity contribution in [3.8, 4) is 5.75 Å². The number of hydrogen-bond donors (Lipinski definition) is 2. The van der Waals surface area contributed by atoms with Crippen LogP contribution in [0.5, 0.6) is 5.75 Å². The number of halogens is 1. The fraction of sp³-hybridized carbons (Fsp3) is 0.300. The van der Waals surface area contributed by atoms with E-state index in [1.165, 1.54) is 18.9 Å². The largest absolute Gasteiger partial charge is 0.495 e. The Balaban J connectivity index is 1.79. The lowest BCUT2D eigenvalue weighted by Crippen LogP contribution is -2.28. The summed E-state index contributed by atoms with van der Waals surface area (Å²) in [6, 6.07) is 13.1. The molecule has 0 aliphatic carbocycles. The molecule has 0 fully saturated rings. The Morgan fingerprint density at radius 3 is 2.48 bits per heavy atom. The molecule has 0 saturated carbocycles. The number of nitrogens with one attached hydrogen (secondary N) is 2. The molecule has 1 unspecified atom stereocenters. The van der Waals surface area contributed by atoms with Gasteiger partial charge in [-0.3, -0.25) is 9.59 Å². The smallest absolute Gasteiger partial charge is 0.234 e. The van der Waals surface area contributed by atoms with Crippen LogP contribution in [0.3, 0.4) is 0 Å². The number of anilines is 1. The molecule has 144 valence electrons. The molecule has 0 saturated heterocycles. The molecular weight excluding hydrogens is 384 g/mol. The van der Waals surface area contributed by atoms with Crippen LogP contribution in [0.2, 0.25) is 5.02 Å². The van der Waals surface area contributed by atoms with Crippen LogP contribution < -0.4 is 15.4 Å². The van der Waals surface area contributed by atoms with Crippen molar-refractivity contribution in [2.45, 2.75) is 19.9 Å². The summed E-state index contributed by atoms with van der Waals surface area (Å²) in [5.74, 6) is 0.561. The zero-order valence-corrected chi connectivity index (χ0v) is 17.1. The molecule has 5 nitrogen and oxygen atoms in total. The monoisotopic (exact) mass is 406 g/mol. The normalized spacial score (nSPS) is 11.6. The topological polar surface area (TPSA) is 67.4 Å². The van der Waals surface area contributed by atoms with Crippen LogP contribution in [0, 0.1) is 6.92 Å². The van der Waals surface area contributed by atoms with Crippen LogP contribution in [0.1, 0.15) is 24.1 Å². The van der Waals surface area contributed by atoms with Crippen LogP contribution >= 0.6 is 23.4 Å². The molecule has 2 rings (SSSR count). The zero-order valence-electron chi connectivity index (χ0n) is 15.5. The highest BCUT2D eigenvalue weighted by Crippen LogP contribution is 2.31. The Kier molecular flexibility index (Phi) is 8.00. The van der Waals surface area contributed by atoms with Crippen molar-refractivity contribution in [3.05, 3.63) is 58.6 Å². The third kappa shape index (κ3) is 6.48. The highest BCUT2D eigenvalue weighted by molar-refractivity contribution is 8.00. The average Bonchev–Trinajstić information content (AvgIpc) is 2.65. The molecule has 2 aromatic carbocycles. The van der Waals surface area contributed by atoms with Crippen LogP contribution in [0.15, 0.2) is 42.5 Å². The molecule has 0 aromatic heterocycles. The first-order valence-corrected chi connectivity index (χ1v) is 10.00. The molecule has 0 aliphatic rings. The van der Waals surface area contributed by atoms with E-state index in [1.54, 1.807) is 12.1 Å².